The van der Waals surface area contributed by atoms with Gasteiger partial charge in [-0.05, 0) is 275 Å². The molecule has 0 radical (unpaired) electrons. The predicted molar refractivity (Wildman–Crippen MR) is 544 cm³/mol. The first-order chi connectivity index (χ1) is 64.4. The Bertz CT molecular complexity index is 5650. The zero-order valence-corrected chi connectivity index (χ0v) is 88.1. The van der Waals surface area contributed by atoms with Crippen LogP contribution < -0.4 is 42.5 Å². The van der Waals surface area contributed by atoms with Gasteiger partial charge < -0.3 is 82.6 Å². The molecule has 13 rings (SSSR count). The molecule has 138 heavy (non-hydrogen) atoms. The van der Waals surface area contributed by atoms with Crippen LogP contribution in [-0.4, -0.2) is 255 Å². The summed E-state index contributed by atoms with van der Waals surface area (Å²) in [5.41, 5.74) is 3.02. The van der Waals surface area contributed by atoms with Gasteiger partial charge >= 0.3 is 0 Å². The van der Waals surface area contributed by atoms with Crippen molar-refractivity contribution in [2.45, 2.75) is 345 Å². The maximum absolute atomic E-state index is 14.0. The Morgan fingerprint density at radius 2 is 0.696 bits per heavy atom. The number of hydrogen-bond acceptors (Lipinski definition) is 28. The highest BCUT2D eigenvalue weighted by Crippen LogP contribution is 2.45. The number of anilines is 4. The second-order valence-corrected chi connectivity index (χ2v) is 45.3. The van der Waals surface area contributed by atoms with E-state index in [0.717, 1.165) is 156 Å². The fraction of sp³-hybridized carbons (Fsp3) is 0.600. The van der Waals surface area contributed by atoms with Crippen molar-refractivity contribution in [1.82, 2.24) is 80.7 Å². The second kappa shape index (κ2) is 45.6. The normalized spacial score (nSPS) is 18.1. The number of alkyl halides is 2. The molecule has 8 aromatic heterocycles. The van der Waals surface area contributed by atoms with Crippen LogP contribution in [-0.2, 0) is 0 Å². The van der Waals surface area contributed by atoms with Gasteiger partial charge in [0.05, 0.1) is 48.5 Å². The Morgan fingerprint density at radius 3 is 0.957 bits per heavy atom. The van der Waals surface area contributed by atoms with E-state index < -0.39 is 76.9 Å². The molecule has 5 atom stereocenters. The van der Waals surface area contributed by atoms with Gasteiger partial charge in [-0.1, -0.05) is 27.7 Å². The van der Waals surface area contributed by atoms with Crippen LogP contribution in [0.2, 0.25) is 0 Å². The number of thiazole rings is 4. The Labute approximate surface area is 826 Å². The molecule has 5 aliphatic heterocycles. The van der Waals surface area contributed by atoms with Crippen LogP contribution in [0.4, 0.5) is 32.1 Å². The van der Waals surface area contributed by atoms with E-state index in [-0.39, 0.29) is 122 Å². The van der Waals surface area contributed by atoms with Crippen molar-refractivity contribution in [3.63, 3.8) is 0 Å². The Hall–Kier alpha value is -10.2. The van der Waals surface area contributed by atoms with Gasteiger partial charge in [0, 0.05) is 146 Å². The maximum Gasteiger partial charge on any atom is 0.280 e. The van der Waals surface area contributed by atoms with Gasteiger partial charge in [0.2, 0.25) is 0 Å². The van der Waals surface area contributed by atoms with E-state index in [9.17, 15) is 67.6 Å². The van der Waals surface area contributed by atoms with Crippen LogP contribution in [0, 0.1) is 27.7 Å². The highest BCUT2D eigenvalue weighted by Gasteiger charge is 2.48. The summed E-state index contributed by atoms with van der Waals surface area (Å²) in [4.78, 5) is 151. The number of rotatable bonds is 32. The van der Waals surface area contributed by atoms with Crippen LogP contribution in [0.1, 0.15) is 339 Å². The molecule has 0 unspecified atom stereocenters. The average molecular weight is 1980 g/mol. The molecule has 5 saturated heterocycles. The van der Waals surface area contributed by atoms with E-state index in [0.29, 0.717) is 55.7 Å². The van der Waals surface area contributed by atoms with Gasteiger partial charge in [0.25, 0.3) is 53.2 Å². The van der Waals surface area contributed by atoms with Crippen LogP contribution in [0.3, 0.4) is 0 Å². The van der Waals surface area contributed by atoms with E-state index in [1.165, 1.54) is 34.0 Å². The number of halogens is 2. The van der Waals surface area contributed by atoms with Crippen molar-refractivity contribution in [3.05, 3.63) is 114 Å². The first-order valence-electron chi connectivity index (χ1n) is 48.1. The number of likely N-dealkylation sites (tertiary alicyclic amines) is 3. The van der Waals surface area contributed by atoms with Crippen LogP contribution >= 0.6 is 45.3 Å². The number of piperidine rings is 1. The fourth-order valence-corrected chi connectivity index (χ4v) is 20.4. The largest absolute Gasteiger partial charge is 0.389 e. The van der Waals surface area contributed by atoms with Crippen molar-refractivity contribution in [2.75, 3.05) is 67.1 Å². The molecule has 32 nitrogen and oxygen atoms in total. The third-order valence-corrected chi connectivity index (χ3v) is 29.7. The topological polar surface area (TPSA) is 430 Å². The van der Waals surface area contributed by atoms with Crippen molar-refractivity contribution in [3.8, 4) is 41.8 Å². The summed E-state index contributed by atoms with van der Waals surface area (Å²) in [6.45, 7) is 48.3. The molecule has 5 aliphatic rings. The number of pyridine rings is 4. The molecule has 0 aliphatic carbocycles. The maximum atomic E-state index is 14.0. The molecule has 5 fully saturated rings. The SMILES string of the molecule is CCC(C)(C)Nc1cc(C)c(-c2sc(C(=O)NCC(C)(C)O)nc2C(=O)N2CCCC[C@@H]2C)cn1.CCC(C)(C)Nc1cc(C)c(-c2sc(C(=O)NCC(C)(C)O)nc2C(=O)N2CCC[C@@H]2C)cn1.CC[C@@H](C)Nc1cc(C)c(-c2sc(C(=O)NCC(C)(C)O)nc2C(=O)N2C3CCC2CC3)cn1.CC[C@@H](C)Nc1cc(C)c(-c2sc(C(=O)NCC(C)(C)O)nc2C(=O)N2CC(F)(F)C[C@@H]2C)cn1. The minimum absolute atomic E-state index is 0.00687. The highest BCUT2D eigenvalue weighted by molar-refractivity contribution is 7.18. The summed E-state index contributed by atoms with van der Waals surface area (Å²) in [5.74, 6) is -2.80. The van der Waals surface area contributed by atoms with Crippen molar-refractivity contribution >= 4 is 116 Å². The third-order valence-electron chi connectivity index (χ3n) is 25.3. The van der Waals surface area contributed by atoms with Gasteiger partial charge in [-0.2, -0.15) is 0 Å². The van der Waals surface area contributed by atoms with Gasteiger partial charge in [0.15, 0.2) is 20.0 Å². The average Bonchev–Trinajstić information content (AvgIpc) is 1.59. The number of aliphatic hydroxyl groups is 4. The first-order valence-corrected chi connectivity index (χ1v) is 51.3. The molecular formula is C100H144F2N20O12S4. The fourth-order valence-electron chi connectivity index (χ4n) is 16.2. The van der Waals surface area contributed by atoms with E-state index in [2.05, 4.69) is 152 Å². The molecule has 0 spiro atoms. The van der Waals surface area contributed by atoms with Crippen LogP contribution in [0.25, 0.3) is 41.8 Å². The van der Waals surface area contributed by atoms with Crippen LogP contribution in [0.5, 0.6) is 0 Å². The summed E-state index contributed by atoms with van der Waals surface area (Å²) in [6.07, 6.45) is 19.3. The monoisotopic (exact) mass is 1980 g/mol. The zero-order chi connectivity index (χ0) is 102. The quantitative estimate of drug-likeness (QED) is 0.0186. The van der Waals surface area contributed by atoms with Gasteiger partial charge in [0.1, 0.15) is 46.0 Å². The lowest BCUT2D eigenvalue weighted by molar-refractivity contribution is 0.0117. The first kappa shape index (κ1) is 110. The third kappa shape index (κ3) is 29.2. The summed E-state index contributed by atoms with van der Waals surface area (Å²) in [6, 6.07) is 8.40. The molecule has 38 heteroatoms. The van der Waals surface area contributed by atoms with Gasteiger partial charge in [-0.25, -0.2) is 48.7 Å². The number of aryl methyl sites for hydroxylation is 4. The van der Waals surface area contributed by atoms with Gasteiger partial charge in [-0.15, -0.1) is 45.3 Å². The summed E-state index contributed by atoms with van der Waals surface area (Å²) >= 11 is 4.58. The molecule has 8 aromatic rings. The van der Waals surface area contributed by atoms with Crippen molar-refractivity contribution in [1.29, 1.82) is 0 Å². The minimum atomic E-state index is -2.97. The molecule has 2 bridgehead atoms. The predicted octanol–water partition coefficient (Wildman–Crippen LogP) is 17.0. The number of fused-ring (bicyclic) bond motifs is 2. The number of carbonyl (C=O) groups excluding carboxylic acids is 8. The summed E-state index contributed by atoms with van der Waals surface area (Å²) in [5, 5.41) is 64.8. The number of carbonyl (C=O) groups is 8. The Balaban J connectivity index is 0.000000190. The van der Waals surface area contributed by atoms with Gasteiger partial charge in [-0.3, -0.25) is 38.4 Å². The van der Waals surface area contributed by atoms with E-state index in [1.54, 1.807) is 87.1 Å². The number of nitrogens with one attached hydrogen (secondary N) is 8. The lowest BCUT2D eigenvalue weighted by Crippen LogP contribution is -2.42. The zero-order valence-electron chi connectivity index (χ0n) is 84.8. The van der Waals surface area contributed by atoms with Crippen molar-refractivity contribution in [2.24, 2.45) is 0 Å². The molecule has 0 aromatic carbocycles. The van der Waals surface area contributed by atoms with E-state index in [1.807, 2.05) is 80.5 Å². The smallest absolute Gasteiger partial charge is 0.280 e. The number of nitrogens with zero attached hydrogens (tertiary/aromatic N) is 12. The highest BCUT2D eigenvalue weighted by atomic mass is 32.1. The lowest BCUT2D eigenvalue weighted by atomic mass is 10.0. The molecule has 8 amide bonds. The van der Waals surface area contributed by atoms with Crippen LogP contribution in [0.15, 0.2) is 49.1 Å². The standard InChI is InChI=1S/C26H39N5O3S.C25H35N5O3S.C25H37N5O3S.C24H33F2N5O3S/c1-8-25(4,5)30-19-13-16(2)18(14-27-19)21-20(24(33)31-12-10-9-11-17(31)3)29-23(35-21)22(32)28-15-26(6,7)34;1-6-15(3)28-19-11-14(2)18(12-26-19)21-20(24(32)30-16-7-8-17(30)10-9-16)29-23(34-21)22(31)27-13-25(4,5)33;1-8-24(4,5)29-18-12-15(2)17(13-26-18)20-19(23(32)30-11-9-10-16(30)3)28-22(34-20)21(31)27-14-25(6,7)33;1-7-14(3)29-17-8-13(2)16(10-27-17)19-18(22(33)31-12-24(25,26)9-15(31)4)30-21(35-19)20(32)28-11-23(5,6)34/h13-14,17,34H,8-12,15H2,1-7H3,(H,27,30)(H,28,32);11-12,15-17,33H,6-10,13H2,1-5H3,(H,26,28)(H,27,31);12-13,16,33H,8-11,14H2,1-7H3,(H,26,29)(H,27,31);8,10,14-15,34H,7,9,11-12H2,1-6H3,(H,27,29)(H,28,32)/t17-;15-,16?,17?;16-;14-,15+/m0101/s1. The molecule has 754 valence electrons. The molecular weight excluding hydrogens is 1840 g/mol. The summed E-state index contributed by atoms with van der Waals surface area (Å²) < 4.78 is 28.0. The number of aromatic nitrogens is 8. The second-order valence-electron chi connectivity index (χ2n) is 41.3. The van der Waals surface area contributed by atoms with Crippen molar-refractivity contribution < 1.29 is 67.6 Å². The number of hydrogen-bond donors (Lipinski definition) is 12. The van der Waals surface area contributed by atoms with E-state index in [4.69, 9.17) is 0 Å². The van der Waals surface area contributed by atoms with E-state index >= 15 is 0 Å². The minimum Gasteiger partial charge on any atom is -0.389 e. The molecule has 0 saturated carbocycles. The molecule has 12 N–H and O–H groups in total. The Kier molecular flexibility index (Phi) is 36.3. The molecule has 13 heterocycles. The Morgan fingerprint density at radius 1 is 0.413 bits per heavy atom. The number of amides is 8. The lowest BCUT2D eigenvalue weighted by Gasteiger charge is -2.33. The summed E-state index contributed by atoms with van der Waals surface area (Å²) in [7, 11) is 0.